The first-order valence-corrected chi connectivity index (χ1v) is 10.6. The van der Waals surface area contributed by atoms with E-state index in [-0.39, 0.29) is 29.6 Å². The molecule has 0 amide bonds. The molecular formula is C20H24FN4O3S+. The summed E-state index contributed by atoms with van der Waals surface area (Å²) in [4.78, 5) is 18.9. The van der Waals surface area contributed by atoms with Crippen molar-refractivity contribution in [3.63, 3.8) is 0 Å². The molecule has 1 fully saturated rings. The number of aromatic nitrogens is 3. The van der Waals surface area contributed by atoms with Gasteiger partial charge in [0, 0.05) is 24.8 Å². The van der Waals surface area contributed by atoms with Crippen LogP contribution in [0.1, 0.15) is 42.1 Å². The molecule has 29 heavy (non-hydrogen) atoms. The first-order chi connectivity index (χ1) is 14.0. The summed E-state index contributed by atoms with van der Waals surface area (Å²) >= 11 is 1.38. The third-order valence-corrected chi connectivity index (χ3v) is 6.66. The van der Waals surface area contributed by atoms with Crippen LogP contribution in [0, 0.1) is 11.7 Å². The van der Waals surface area contributed by atoms with Crippen LogP contribution in [0.5, 0.6) is 5.88 Å². The Morgan fingerprint density at radius 2 is 2.21 bits per heavy atom. The van der Waals surface area contributed by atoms with Crippen molar-refractivity contribution in [2.45, 2.75) is 32.2 Å². The van der Waals surface area contributed by atoms with Crippen molar-refractivity contribution in [2.24, 2.45) is 5.92 Å². The number of carbonyl (C=O) groups excluding carboxylic acids is 1. The van der Waals surface area contributed by atoms with E-state index in [1.807, 2.05) is 13.0 Å². The number of rotatable bonds is 5. The Kier molecular flexibility index (Phi) is 5.51. The van der Waals surface area contributed by atoms with Gasteiger partial charge in [-0.3, -0.25) is 4.79 Å². The van der Waals surface area contributed by atoms with Crippen LogP contribution in [-0.2, 0) is 16.0 Å². The smallest absolute Gasteiger partial charge is 0.309 e. The minimum Gasteiger partial charge on any atom is -0.492 e. The number of aromatic hydroxyl groups is 1. The van der Waals surface area contributed by atoms with E-state index in [2.05, 4.69) is 10.1 Å². The first-order valence-electron chi connectivity index (χ1n) is 9.77. The summed E-state index contributed by atoms with van der Waals surface area (Å²) in [5.74, 6) is 0.115. The lowest BCUT2D eigenvalue weighted by Gasteiger charge is -2.33. The number of carbonyl (C=O) groups is 1. The topological polar surface area (TPSA) is 81.2 Å². The monoisotopic (exact) mass is 419 g/mol. The van der Waals surface area contributed by atoms with Crippen molar-refractivity contribution in [3.05, 3.63) is 46.3 Å². The van der Waals surface area contributed by atoms with Gasteiger partial charge in [-0.15, -0.1) is 5.10 Å². The number of hydrogen-bond acceptors (Lipinski definition) is 6. The number of piperidine rings is 1. The Hall–Kier alpha value is -2.52. The number of hydrogen-bond donors (Lipinski definition) is 2. The summed E-state index contributed by atoms with van der Waals surface area (Å²) in [5.41, 5.74) is 0.784. The minimum atomic E-state index is -0.316. The highest BCUT2D eigenvalue weighted by Crippen LogP contribution is 2.35. The van der Waals surface area contributed by atoms with Gasteiger partial charge >= 0.3 is 5.97 Å². The number of quaternary nitrogens is 1. The molecule has 9 heteroatoms. The number of methoxy groups -OCH3 is 1. The molecule has 1 aromatic carbocycles. The molecule has 0 spiro atoms. The number of nitrogens with zero attached hydrogens (tertiary/aromatic N) is 3. The maximum atomic E-state index is 14.0. The molecule has 0 saturated carbocycles. The standard InChI is InChI=1S/C20H23FN4O3S/c1-3-15-22-20-25(23-15)18(26)17(29-20)16(13-5-4-6-14(21)11-13)24-9-7-12(8-10-24)19(27)28-2/h4-6,11-12,16,26H,3,7-10H2,1-2H3/p+1/t16-/m0/s1. The number of aryl methyl sites for hydroxylation is 1. The van der Waals surface area contributed by atoms with E-state index < -0.39 is 0 Å². The molecule has 3 heterocycles. The maximum Gasteiger partial charge on any atom is 0.309 e. The quantitative estimate of drug-likeness (QED) is 0.616. The number of esters is 1. The van der Waals surface area contributed by atoms with E-state index in [0.29, 0.717) is 48.0 Å². The second-order valence-electron chi connectivity index (χ2n) is 7.31. The number of thiazole rings is 1. The lowest BCUT2D eigenvalue weighted by Crippen LogP contribution is -3.13. The molecule has 2 aromatic heterocycles. The van der Waals surface area contributed by atoms with Crippen LogP contribution in [0.25, 0.3) is 4.96 Å². The minimum absolute atomic E-state index is 0.0500. The molecule has 1 saturated heterocycles. The lowest BCUT2D eigenvalue weighted by molar-refractivity contribution is -0.930. The van der Waals surface area contributed by atoms with Crippen LogP contribution in [0.2, 0.25) is 0 Å². The highest BCUT2D eigenvalue weighted by Gasteiger charge is 2.37. The molecular weight excluding hydrogens is 395 g/mol. The Morgan fingerprint density at radius 1 is 1.45 bits per heavy atom. The molecule has 4 rings (SSSR count). The predicted octanol–water partition coefficient (Wildman–Crippen LogP) is 1.76. The third kappa shape index (κ3) is 3.72. The van der Waals surface area contributed by atoms with Crippen molar-refractivity contribution >= 4 is 22.3 Å². The Labute approximate surface area is 171 Å². The van der Waals surface area contributed by atoms with Gasteiger partial charge in [-0.25, -0.2) is 9.37 Å². The highest BCUT2D eigenvalue weighted by molar-refractivity contribution is 7.17. The Morgan fingerprint density at radius 3 is 2.83 bits per heavy atom. The summed E-state index contributed by atoms with van der Waals surface area (Å²) in [7, 11) is 1.41. The second kappa shape index (κ2) is 8.08. The van der Waals surface area contributed by atoms with Gasteiger partial charge in [-0.1, -0.05) is 30.4 Å². The summed E-state index contributed by atoms with van der Waals surface area (Å²) in [6, 6.07) is 6.22. The molecule has 0 bridgehead atoms. The number of benzene rings is 1. The van der Waals surface area contributed by atoms with Gasteiger partial charge in [0.15, 0.2) is 11.9 Å². The normalized spacial score (nSPS) is 20.7. The molecule has 0 unspecified atom stereocenters. The van der Waals surface area contributed by atoms with E-state index in [4.69, 9.17) is 4.74 Å². The fraction of sp³-hybridized carbons (Fsp3) is 0.450. The van der Waals surface area contributed by atoms with Gasteiger partial charge in [-0.2, -0.15) is 4.52 Å². The number of halogens is 1. The van der Waals surface area contributed by atoms with Gasteiger partial charge in [0.2, 0.25) is 10.8 Å². The van der Waals surface area contributed by atoms with E-state index >= 15 is 0 Å². The zero-order chi connectivity index (χ0) is 20.5. The van der Waals surface area contributed by atoms with Crippen LogP contribution in [0.15, 0.2) is 24.3 Å². The van der Waals surface area contributed by atoms with Crippen LogP contribution in [0.3, 0.4) is 0 Å². The summed E-state index contributed by atoms with van der Waals surface area (Å²) in [6.07, 6.45) is 2.06. The van der Waals surface area contributed by atoms with E-state index in [0.717, 1.165) is 5.56 Å². The number of likely N-dealkylation sites (tertiary alicyclic amines) is 1. The first kappa shape index (κ1) is 19.8. The van der Waals surface area contributed by atoms with Crippen LogP contribution < -0.4 is 4.90 Å². The molecule has 7 nitrogen and oxygen atoms in total. The molecule has 1 aliphatic heterocycles. The average Bonchev–Trinajstić information content (AvgIpc) is 3.27. The van der Waals surface area contributed by atoms with Crippen LogP contribution in [0.4, 0.5) is 4.39 Å². The van der Waals surface area contributed by atoms with Gasteiger partial charge < -0.3 is 14.7 Å². The van der Waals surface area contributed by atoms with Gasteiger partial charge in [0.25, 0.3) is 0 Å². The molecule has 154 valence electrons. The van der Waals surface area contributed by atoms with Crippen molar-refractivity contribution in [3.8, 4) is 5.88 Å². The zero-order valence-corrected chi connectivity index (χ0v) is 17.2. The second-order valence-corrected chi connectivity index (χ2v) is 8.32. The fourth-order valence-electron chi connectivity index (χ4n) is 4.07. The number of fused-ring (bicyclic) bond motifs is 1. The van der Waals surface area contributed by atoms with Gasteiger partial charge in [0.1, 0.15) is 10.7 Å². The van der Waals surface area contributed by atoms with Crippen molar-refractivity contribution < 1.29 is 23.9 Å². The largest absolute Gasteiger partial charge is 0.492 e. The van der Waals surface area contributed by atoms with E-state index in [1.54, 1.807) is 6.07 Å². The number of ether oxygens (including phenoxy) is 1. The predicted molar refractivity (Wildman–Crippen MR) is 106 cm³/mol. The maximum absolute atomic E-state index is 14.0. The van der Waals surface area contributed by atoms with E-state index in [9.17, 15) is 14.3 Å². The summed E-state index contributed by atoms with van der Waals surface area (Å²) < 4.78 is 20.4. The van der Waals surface area contributed by atoms with E-state index in [1.165, 1.54) is 40.0 Å². The number of nitrogens with one attached hydrogen (secondary N) is 1. The third-order valence-electron chi connectivity index (χ3n) is 5.57. The molecule has 3 aromatic rings. The van der Waals surface area contributed by atoms with Crippen LogP contribution >= 0.6 is 11.3 Å². The summed E-state index contributed by atoms with van der Waals surface area (Å²) in [5, 5.41) is 15.3. The molecule has 2 N–H and O–H groups in total. The fourth-order valence-corrected chi connectivity index (χ4v) is 5.23. The summed E-state index contributed by atoms with van der Waals surface area (Å²) in [6.45, 7) is 3.39. The Bertz CT molecular complexity index is 1030. The zero-order valence-electron chi connectivity index (χ0n) is 16.4. The van der Waals surface area contributed by atoms with Gasteiger partial charge in [0.05, 0.1) is 26.1 Å². The molecule has 1 atom stereocenters. The Balaban J connectivity index is 1.71. The van der Waals surface area contributed by atoms with Crippen molar-refractivity contribution in [1.29, 1.82) is 0 Å². The van der Waals surface area contributed by atoms with Gasteiger partial charge in [-0.05, 0) is 12.1 Å². The molecule has 0 aliphatic carbocycles. The SMILES string of the molecule is CCc1nc2sc([C@H](c3cccc(F)c3)[NH+]3CCC(C(=O)OC)CC3)c(O)n2n1. The molecule has 1 aliphatic rings. The molecule has 0 radical (unpaired) electrons. The lowest BCUT2D eigenvalue weighted by atomic mass is 9.93. The van der Waals surface area contributed by atoms with Crippen molar-refractivity contribution in [1.82, 2.24) is 14.6 Å². The average molecular weight is 420 g/mol. The highest BCUT2D eigenvalue weighted by atomic mass is 32.1. The van der Waals surface area contributed by atoms with Crippen LogP contribution in [-0.4, -0.2) is 45.9 Å². The van der Waals surface area contributed by atoms with Crippen molar-refractivity contribution in [2.75, 3.05) is 20.2 Å².